The van der Waals surface area contributed by atoms with Gasteiger partial charge in [0.1, 0.15) is 10.3 Å². The summed E-state index contributed by atoms with van der Waals surface area (Å²) < 4.78 is 4.80. The zero-order valence-electron chi connectivity index (χ0n) is 12.8. The Bertz CT molecular complexity index is 994. The number of tetrazole rings is 1. The van der Waals surface area contributed by atoms with Crippen LogP contribution < -0.4 is 0 Å². The average Bonchev–Trinajstić information content (AvgIpc) is 3.19. The van der Waals surface area contributed by atoms with E-state index >= 15 is 0 Å². The number of para-hydroxylation sites is 1. The van der Waals surface area contributed by atoms with Crippen molar-refractivity contribution in [2.45, 2.75) is 17.8 Å². The molecule has 0 bridgehead atoms. The molecular formula is C16H13BrN6S. The van der Waals surface area contributed by atoms with Crippen molar-refractivity contribution in [1.29, 1.82) is 0 Å². The molecule has 0 radical (unpaired) electrons. The second kappa shape index (κ2) is 6.37. The first-order chi connectivity index (χ1) is 11.7. The number of benzene rings is 1. The van der Waals surface area contributed by atoms with Gasteiger partial charge in [0.2, 0.25) is 5.16 Å². The van der Waals surface area contributed by atoms with E-state index in [-0.39, 0.29) is 0 Å². The fourth-order valence-corrected chi connectivity index (χ4v) is 4.19. The Labute approximate surface area is 151 Å². The van der Waals surface area contributed by atoms with Crippen LogP contribution in [0.25, 0.3) is 11.3 Å². The first-order valence-corrected chi connectivity index (χ1v) is 9.11. The van der Waals surface area contributed by atoms with E-state index in [1.54, 1.807) is 16.4 Å². The van der Waals surface area contributed by atoms with Crippen molar-refractivity contribution in [2.75, 3.05) is 0 Å². The van der Waals surface area contributed by atoms with Crippen LogP contribution in [0.4, 0.5) is 0 Å². The summed E-state index contributed by atoms with van der Waals surface area (Å²) in [5, 5.41) is 12.7. The van der Waals surface area contributed by atoms with Gasteiger partial charge in [0.25, 0.3) is 0 Å². The van der Waals surface area contributed by atoms with Gasteiger partial charge in [-0.15, -0.1) is 5.10 Å². The molecule has 0 saturated heterocycles. The molecule has 0 aliphatic carbocycles. The van der Waals surface area contributed by atoms with Gasteiger partial charge in [0.15, 0.2) is 0 Å². The van der Waals surface area contributed by atoms with E-state index < -0.39 is 0 Å². The Morgan fingerprint density at radius 3 is 2.71 bits per heavy atom. The number of halogens is 1. The van der Waals surface area contributed by atoms with Crippen molar-refractivity contribution in [3.8, 4) is 5.69 Å². The number of rotatable bonds is 4. The Morgan fingerprint density at radius 1 is 1.08 bits per heavy atom. The molecule has 120 valence electrons. The van der Waals surface area contributed by atoms with Gasteiger partial charge in [0, 0.05) is 11.4 Å². The summed E-state index contributed by atoms with van der Waals surface area (Å²) >= 11 is 5.22. The first kappa shape index (κ1) is 15.3. The molecule has 0 aliphatic heterocycles. The first-order valence-electron chi connectivity index (χ1n) is 7.33. The molecule has 4 rings (SSSR count). The normalized spacial score (nSPS) is 11.2. The second-order valence-electron chi connectivity index (χ2n) is 5.21. The van der Waals surface area contributed by atoms with Crippen LogP contribution in [0, 0.1) is 6.92 Å². The quantitative estimate of drug-likeness (QED) is 0.489. The third-order valence-electron chi connectivity index (χ3n) is 3.63. The molecule has 0 aliphatic rings. The maximum atomic E-state index is 4.69. The van der Waals surface area contributed by atoms with Gasteiger partial charge >= 0.3 is 0 Å². The van der Waals surface area contributed by atoms with E-state index in [0.717, 1.165) is 32.5 Å². The van der Waals surface area contributed by atoms with Gasteiger partial charge < -0.3 is 0 Å². The van der Waals surface area contributed by atoms with Gasteiger partial charge in [-0.1, -0.05) is 36.0 Å². The lowest BCUT2D eigenvalue weighted by molar-refractivity contribution is 0.756. The molecule has 4 aromatic rings. The zero-order chi connectivity index (χ0) is 16.5. The summed E-state index contributed by atoms with van der Waals surface area (Å²) in [5.74, 6) is 0.676. The number of thioether (sulfide) groups is 1. The smallest absolute Gasteiger partial charge is 0.214 e. The van der Waals surface area contributed by atoms with Crippen molar-refractivity contribution in [3.05, 3.63) is 64.5 Å². The summed E-state index contributed by atoms with van der Waals surface area (Å²) in [5.41, 5.74) is 3.98. The van der Waals surface area contributed by atoms with Crippen molar-refractivity contribution in [2.24, 2.45) is 0 Å². The molecule has 8 heteroatoms. The predicted molar refractivity (Wildman–Crippen MR) is 96.3 cm³/mol. The summed E-state index contributed by atoms with van der Waals surface area (Å²) in [7, 11) is 0. The largest absolute Gasteiger partial charge is 0.291 e. The number of hydrogen-bond donors (Lipinski definition) is 0. The van der Waals surface area contributed by atoms with Crippen molar-refractivity contribution in [1.82, 2.24) is 29.6 Å². The molecule has 0 amide bonds. The van der Waals surface area contributed by atoms with E-state index in [9.17, 15) is 0 Å². The van der Waals surface area contributed by atoms with Crippen LogP contribution in [0.3, 0.4) is 0 Å². The van der Waals surface area contributed by atoms with E-state index in [1.807, 2.05) is 42.5 Å². The maximum Gasteiger partial charge on any atom is 0.214 e. The molecule has 0 unspecified atom stereocenters. The highest BCUT2D eigenvalue weighted by atomic mass is 79.9. The van der Waals surface area contributed by atoms with Crippen LogP contribution in [0.15, 0.2) is 58.3 Å². The molecule has 0 N–H and O–H groups in total. The van der Waals surface area contributed by atoms with E-state index in [4.69, 9.17) is 4.98 Å². The molecule has 0 spiro atoms. The van der Waals surface area contributed by atoms with E-state index in [2.05, 4.69) is 48.8 Å². The summed E-state index contributed by atoms with van der Waals surface area (Å²) in [4.78, 5) is 4.69. The fraction of sp³-hybridized carbons (Fsp3) is 0.125. The summed E-state index contributed by atoms with van der Waals surface area (Å²) in [6.45, 7) is 2.06. The number of hydrogen-bond acceptors (Lipinski definition) is 5. The molecule has 0 fully saturated rings. The highest BCUT2D eigenvalue weighted by Crippen LogP contribution is 2.27. The Morgan fingerprint density at radius 2 is 1.92 bits per heavy atom. The zero-order valence-corrected chi connectivity index (χ0v) is 15.2. The van der Waals surface area contributed by atoms with Crippen LogP contribution in [0.1, 0.15) is 11.4 Å². The van der Waals surface area contributed by atoms with Crippen LogP contribution >= 0.6 is 27.7 Å². The third kappa shape index (κ3) is 2.71. The Hall–Kier alpha value is -2.19. The minimum atomic E-state index is 0.676. The number of fused-ring (bicyclic) bond motifs is 1. The van der Waals surface area contributed by atoms with Crippen molar-refractivity contribution >= 4 is 33.3 Å². The molecule has 3 aromatic heterocycles. The van der Waals surface area contributed by atoms with Crippen LogP contribution in [0.5, 0.6) is 0 Å². The van der Waals surface area contributed by atoms with Gasteiger partial charge in [-0.2, -0.15) is 4.68 Å². The van der Waals surface area contributed by atoms with Gasteiger partial charge in [0.05, 0.1) is 11.4 Å². The van der Waals surface area contributed by atoms with Crippen LogP contribution in [-0.2, 0) is 5.75 Å². The number of pyridine rings is 1. The van der Waals surface area contributed by atoms with Crippen molar-refractivity contribution < 1.29 is 0 Å². The molecule has 24 heavy (non-hydrogen) atoms. The predicted octanol–water partition coefficient (Wildman–Crippen LogP) is 3.67. The number of nitrogens with zero attached hydrogens (tertiary/aromatic N) is 6. The summed E-state index contributed by atoms with van der Waals surface area (Å²) in [6, 6.07) is 15.9. The third-order valence-corrected chi connectivity index (χ3v) is 5.37. The number of aromatic nitrogens is 6. The number of imidazole rings is 1. The van der Waals surface area contributed by atoms with Gasteiger partial charge in [-0.25, -0.2) is 4.98 Å². The lowest BCUT2D eigenvalue weighted by Gasteiger charge is -2.03. The minimum absolute atomic E-state index is 0.676. The van der Waals surface area contributed by atoms with Crippen LogP contribution in [0.2, 0.25) is 0 Å². The molecule has 0 saturated carbocycles. The van der Waals surface area contributed by atoms with E-state index in [0.29, 0.717) is 5.75 Å². The molecule has 3 heterocycles. The monoisotopic (exact) mass is 400 g/mol. The molecule has 1 aromatic carbocycles. The Balaban J connectivity index is 1.62. The van der Waals surface area contributed by atoms with Crippen LogP contribution in [-0.4, -0.2) is 29.6 Å². The Kier molecular flexibility index (Phi) is 4.07. The molecule has 6 nitrogen and oxygen atoms in total. The lowest BCUT2D eigenvalue weighted by atomic mass is 10.3. The molecular weight excluding hydrogens is 388 g/mol. The molecule has 0 atom stereocenters. The maximum absolute atomic E-state index is 4.69. The van der Waals surface area contributed by atoms with Crippen molar-refractivity contribution in [3.63, 3.8) is 0 Å². The number of aryl methyl sites for hydroxylation is 1. The lowest BCUT2D eigenvalue weighted by Crippen LogP contribution is -1.98. The van der Waals surface area contributed by atoms with E-state index in [1.165, 1.54) is 0 Å². The van der Waals surface area contributed by atoms with Gasteiger partial charge in [-0.05, 0) is 57.5 Å². The van der Waals surface area contributed by atoms with Gasteiger partial charge in [-0.3, -0.25) is 4.40 Å². The average molecular weight is 401 g/mol. The minimum Gasteiger partial charge on any atom is -0.291 e. The second-order valence-corrected chi connectivity index (χ2v) is 6.90. The fourth-order valence-electron chi connectivity index (χ4n) is 2.48. The topological polar surface area (TPSA) is 60.9 Å². The standard InChI is InChI=1S/C16H13BrN6S/c1-11-6-5-9-14-18-13(15(17)22(11)14)10-24-16-19-20-21-23(16)12-7-3-2-4-8-12/h2-9H,10H2,1H3. The summed E-state index contributed by atoms with van der Waals surface area (Å²) in [6.07, 6.45) is 0. The highest BCUT2D eigenvalue weighted by Gasteiger charge is 2.14. The highest BCUT2D eigenvalue weighted by molar-refractivity contribution is 9.10. The SMILES string of the molecule is Cc1cccc2nc(CSc3nnnn3-c3ccccc3)c(Br)n12.